The largest absolute Gasteiger partial charge is 0.361 e. The molecule has 27 heavy (non-hydrogen) atoms. The van der Waals surface area contributed by atoms with Gasteiger partial charge in [-0.1, -0.05) is 44.0 Å². The molecule has 0 unspecified atom stereocenters. The zero-order chi connectivity index (χ0) is 18.5. The molecular weight excluding hydrogens is 472 g/mol. The molecule has 0 bridgehead atoms. The van der Waals surface area contributed by atoms with E-state index in [1.54, 1.807) is 0 Å². The lowest BCUT2D eigenvalue weighted by Gasteiger charge is -2.31. The molecule has 4 N–H and O–H groups in total. The van der Waals surface area contributed by atoms with E-state index in [-0.39, 0.29) is 11.9 Å². The number of fused-ring (bicyclic) bond motifs is 2. The number of aromatic amines is 2. The van der Waals surface area contributed by atoms with Crippen molar-refractivity contribution in [3.8, 4) is 0 Å². The van der Waals surface area contributed by atoms with E-state index in [9.17, 15) is 4.79 Å². The van der Waals surface area contributed by atoms with Crippen LogP contribution in [0.4, 0.5) is 0 Å². The number of carbonyl (C=O) groups excluding carboxylic acids is 1. The Bertz CT molecular complexity index is 1180. The molecule has 5 nitrogen and oxygen atoms in total. The summed E-state index contributed by atoms with van der Waals surface area (Å²) in [6, 6.07) is 11.9. The zero-order valence-corrected chi connectivity index (χ0v) is 17.3. The quantitative estimate of drug-likeness (QED) is 0.331. The van der Waals surface area contributed by atoms with Crippen LogP contribution in [0.5, 0.6) is 0 Å². The number of halogens is 2. The Morgan fingerprint density at radius 1 is 0.852 bits per heavy atom. The van der Waals surface area contributed by atoms with Crippen LogP contribution in [0.3, 0.4) is 0 Å². The van der Waals surface area contributed by atoms with E-state index in [0.29, 0.717) is 6.54 Å². The summed E-state index contributed by atoms with van der Waals surface area (Å²) in [5.74, 6) is -0.00217. The third-order valence-corrected chi connectivity index (χ3v) is 6.13. The fourth-order valence-corrected chi connectivity index (χ4v) is 4.56. The summed E-state index contributed by atoms with van der Waals surface area (Å²) in [6.07, 6.45) is 3.94. The first-order valence-electron chi connectivity index (χ1n) is 8.67. The molecule has 1 fully saturated rings. The van der Waals surface area contributed by atoms with E-state index >= 15 is 0 Å². The lowest BCUT2D eigenvalue weighted by molar-refractivity contribution is -0.125. The van der Waals surface area contributed by atoms with Crippen molar-refractivity contribution < 1.29 is 4.79 Å². The molecular formula is C20H16Br2N4O. The summed E-state index contributed by atoms with van der Waals surface area (Å²) in [4.78, 5) is 19.2. The molecule has 1 amide bonds. The van der Waals surface area contributed by atoms with Gasteiger partial charge in [-0.25, -0.2) is 0 Å². The Hall–Kier alpha value is -2.09. The van der Waals surface area contributed by atoms with Crippen molar-refractivity contribution in [2.45, 2.75) is 12.1 Å². The Balaban J connectivity index is 1.53. The fraction of sp³-hybridized carbons (Fsp3) is 0.150. The molecule has 7 heteroatoms. The van der Waals surface area contributed by atoms with Crippen molar-refractivity contribution in [3.63, 3.8) is 0 Å². The van der Waals surface area contributed by atoms with E-state index in [2.05, 4.69) is 64.6 Å². The lowest BCUT2D eigenvalue weighted by Crippen LogP contribution is -2.49. The first kappa shape index (κ1) is 17.0. The Kier molecular flexibility index (Phi) is 4.11. The second kappa shape index (κ2) is 6.51. The fourth-order valence-electron chi connectivity index (χ4n) is 3.84. The van der Waals surface area contributed by atoms with Crippen LogP contribution in [0.1, 0.15) is 23.2 Å². The number of carbonyl (C=O) groups is 1. The van der Waals surface area contributed by atoms with Gasteiger partial charge in [0.05, 0.1) is 6.04 Å². The number of H-pyrrole nitrogens is 2. The van der Waals surface area contributed by atoms with Crippen molar-refractivity contribution in [1.29, 1.82) is 0 Å². The van der Waals surface area contributed by atoms with Gasteiger partial charge in [0, 0.05) is 55.3 Å². The molecule has 2 aromatic carbocycles. The summed E-state index contributed by atoms with van der Waals surface area (Å²) < 4.78 is 2.04. The summed E-state index contributed by atoms with van der Waals surface area (Å²) in [6.45, 7) is 0.562. The Morgan fingerprint density at radius 3 is 2.11 bits per heavy atom. The first-order valence-corrected chi connectivity index (χ1v) is 10.3. The molecule has 0 spiro atoms. The minimum Gasteiger partial charge on any atom is -0.361 e. The highest BCUT2D eigenvalue weighted by atomic mass is 79.9. The predicted molar refractivity (Wildman–Crippen MR) is 114 cm³/mol. The van der Waals surface area contributed by atoms with Crippen LogP contribution in [-0.4, -0.2) is 22.4 Å². The van der Waals surface area contributed by atoms with Crippen LogP contribution in [0.15, 0.2) is 57.7 Å². The van der Waals surface area contributed by atoms with Gasteiger partial charge < -0.3 is 15.3 Å². The van der Waals surface area contributed by atoms with Gasteiger partial charge in [0.25, 0.3) is 0 Å². The molecule has 0 aliphatic carbocycles. The van der Waals surface area contributed by atoms with E-state index in [1.165, 1.54) is 0 Å². The SMILES string of the molecule is O=C1NC[C@H](c2c[nH]c3cc(Br)ccc23)N[C@@H]1c1c[nH]c2cc(Br)ccc12. The van der Waals surface area contributed by atoms with Crippen molar-refractivity contribution in [3.05, 3.63) is 68.9 Å². The van der Waals surface area contributed by atoms with Gasteiger partial charge in [0.2, 0.25) is 5.91 Å². The highest BCUT2D eigenvalue weighted by molar-refractivity contribution is 9.10. The number of amides is 1. The molecule has 1 saturated heterocycles. The van der Waals surface area contributed by atoms with Gasteiger partial charge in [0.15, 0.2) is 0 Å². The molecule has 2 atom stereocenters. The molecule has 5 rings (SSSR count). The Morgan fingerprint density at radius 2 is 1.44 bits per heavy atom. The maximum Gasteiger partial charge on any atom is 0.241 e. The van der Waals surface area contributed by atoms with Gasteiger partial charge in [-0.05, 0) is 29.8 Å². The predicted octanol–water partition coefficient (Wildman–Crippen LogP) is 4.68. The summed E-state index contributed by atoms with van der Waals surface area (Å²) in [5.41, 5.74) is 4.20. The second-order valence-corrected chi connectivity index (χ2v) is 8.60. The third kappa shape index (κ3) is 2.90. The van der Waals surface area contributed by atoms with E-state index in [4.69, 9.17) is 0 Å². The van der Waals surface area contributed by atoms with Crippen molar-refractivity contribution in [2.75, 3.05) is 6.54 Å². The van der Waals surface area contributed by atoms with Crippen LogP contribution in [0, 0.1) is 0 Å². The zero-order valence-electron chi connectivity index (χ0n) is 14.1. The third-order valence-electron chi connectivity index (χ3n) is 5.15. The van der Waals surface area contributed by atoms with Gasteiger partial charge in [-0.15, -0.1) is 0 Å². The van der Waals surface area contributed by atoms with E-state index < -0.39 is 6.04 Å². The molecule has 0 radical (unpaired) electrons. The normalized spacial score (nSPS) is 20.3. The van der Waals surface area contributed by atoms with Crippen molar-refractivity contribution in [1.82, 2.24) is 20.6 Å². The highest BCUT2D eigenvalue weighted by Gasteiger charge is 2.32. The number of aromatic nitrogens is 2. The molecule has 0 saturated carbocycles. The van der Waals surface area contributed by atoms with Crippen LogP contribution in [0.25, 0.3) is 21.8 Å². The number of hydrogen-bond acceptors (Lipinski definition) is 2. The first-order chi connectivity index (χ1) is 13.1. The average molecular weight is 488 g/mol. The van der Waals surface area contributed by atoms with Crippen molar-refractivity contribution in [2.24, 2.45) is 0 Å². The molecule has 1 aliphatic rings. The molecule has 4 aromatic rings. The minimum atomic E-state index is -0.404. The summed E-state index contributed by atoms with van der Waals surface area (Å²) >= 11 is 7.00. The number of hydrogen-bond donors (Lipinski definition) is 4. The van der Waals surface area contributed by atoms with Crippen LogP contribution < -0.4 is 10.6 Å². The minimum absolute atomic E-state index is 0.00217. The molecule has 3 heterocycles. The average Bonchev–Trinajstić information content (AvgIpc) is 3.25. The van der Waals surface area contributed by atoms with Crippen molar-refractivity contribution >= 4 is 59.6 Å². The highest BCUT2D eigenvalue weighted by Crippen LogP contribution is 2.33. The number of benzene rings is 2. The van der Waals surface area contributed by atoms with Gasteiger partial charge in [-0.3, -0.25) is 10.1 Å². The van der Waals surface area contributed by atoms with Crippen LogP contribution in [-0.2, 0) is 4.79 Å². The van der Waals surface area contributed by atoms with Crippen LogP contribution >= 0.6 is 31.9 Å². The Labute approximate surface area is 172 Å². The van der Waals surface area contributed by atoms with Gasteiger partial charge in [0.1, 0.15) is 6.04 Å². The topological polar surface area (TPSA) is 72.7 Å². The van der Waals surface area contributed by atoms with Crippen LogP contribution in [0.2, 0.25) is 0 Å². The smallest absolute Gasteiger partial charge is 0.241 e. The van der Waals surface area contributed by atoms with E-state index in [0.717, 1.165) is 41.9 Å². The number of nitrogens with one attached hydrogen (secondary N) is 4. The maximum atomic E-state index is 12.6. The number of rotatable bonds is 2. The number of piperazine rings is 1. The van der Waals surface area contributed by atoms with Gasteiger partial charge >= 0.3 is 0 Å². The lowest BCUT2D eigenvalue weighted by atomic mass is 9.98. The summed E-state index contributed by atoms with van der Waals surface area (Å²) in [5, 5.41) is 8.82. The second-order valence-electron chi connectivity index (χ2n) is 6.77. The van der Waals surface area contributed by atoms with Gasteiger partial charge in [-0.2, -0.15) is 0 Å². The standard InChI is InChI=1S/C20H16Br2N4O/c21-10-1-3-12-14(7-23-16(12)5-10)18-9-25-20(27)19(26-18)15-8-24-17-6-11(22)2-4-13(15)17/h1-8,18-19,23-24,26H,9H2,(H,25,27)/t18-,19-/m1/s1. The molecule has 1 aliphatic heterocycles. The molecule has 2 aromatic heterocycles. The molecule has 136 valence electrons. The maximum absolute atomic E-state index is 12.6. The van der Waals surface area contributed by atoms with E-state index in [1.807, 2.05) is 36.7 Å². The monoisotopic (exact) mass is 486 g/mol. The summed E-state index contributed by atoms with van der Waals surface area (Å²) in [7, 11) is 0.